The minimum absolute atomic E-state index is 0.106. The van der Waals surface area contributed by atoms with E-state index in [-0.39, 0.29) is 11.3 Å². The number of carbonyl (C=O) groups excluding carboxylic acids is 1. The van der Waals surface area contributed by atoms with Crippen molar-refractivity contribution in [3.05, 3.63) is 35.4 Å². The van der Waals surface area contributed by atoms with Gasteiger partial charge in [0.2, 0.25) is 0 Å². The van der Waals surface area contributed by atoms with E-state index in [2.05, 4.69) is 32.0 Å². The van der Waals surface area contributed by atoms with Crippen molar-refractivity contribution in [1.82, 2.24) is 0 Å². The minimum Gasteiger partial charge on any atom is -0.303 e. The highest BCUT2D eigenvalue weighted by Gasteiger charge is 2.31. The molecule has 1 aliphatic carbocycles. The standard InChI is InChI=1S/C13H16O/c1-13(2)7-10-5-3-4-6-12(10)11(8-13)9-14/h3-6,9,11H,7-8H2,1-2H3. The number of benzene rings is 1. The van der Waals surface area contributed by atoms with Crippen molar-refractivity contribution in [3.63, 3.8) is 0 Å². The van der Waals surface area contributed by atoms with Gasteiger partial charge in [-0.25, -0.2) is 0 Å². The fraction of sp³-hybridized carbons (Fsp3) is 0.462. The van der Waals surface area contributed by atoms with Crippen molar-refractivity contribution in [2.24, 2.45) is 5.41 Å². The summed E-state index contributed by atoms with van der Waals surface area (Å²) in [5, 5.41) is 0. The molecule has 0 aromatic heterocycles. The van der Waals surface area contributed by atoms with Gasteiger partial charge in [-0.15, -0.1) is 0 Å². The van der Waals surface area contributed by atoms with E-state index < -0.39 is 0 Å². The highest BCUT2D eigenvalue weighted by molar-refractivity contribution is 5.64. The van der Waals surface area contributed by atoms with Crippen LogP contribution in [-0.2, 0) is 11.2 Å². The van der Waals surface area contributed by atoms with Crippen LogP contribution in [0.1, 0.15) is 37.3 Å². The summed E-state index contributed by atoms with van der Waals surface area (Å²) in [6.45, 7) is 4.47. The zero-order valence-corrected chi connectivity index (χ0v) is 8.79. The van der Waals surface area contributed by atoms with Gasteiger partial charge in [0.05, 0.1) is 0 Å². The van der Waals surface area contributed by atoms with Crippen molar-refractivity contribution in [1.29, 1.82) is 0 Å². The lowest BCUT2D eigenvalue weighted by Gasteiger charge is -2.34. The molecule has 1 aliphatic rings. The molecule has 1 heteroatoms. The van der Waals surface area contributed by atoms with Crippen LogP contribution in [0.4, 0.5) is 0 Å². The Kier molecular flexibility index (Phi) is 2.18. The average molecular weight is 188 g/mol. The molecule has 2 rings (SSSR count). The van der Waals surface area contributed by atoms with E-state index >= 15 is 0 Å². The number of aldehydes is 1. The van der Waals surface area contributed by atoms with Crippen LogP contribution in [0.15, 0.2) is 24.3 Å². The van der Waals surface area contributed by atoms with Gasteiger partial charge in [0.1, 0.15) is 6.29 Å². The summed E-state index contributed by atoms with van der Waals surface area (Å²) in [7, 11) is 0. The Bertz CT molecular complexity index is 352. The second-order valence-electron chi connectivity index (χ2n) is 4.99. The second kappa shape index (κ2) is 3.23. The molecule has 0 radical (unpaired) electrons. The summed E-state index contributed by atoms with van der Waals surface area (Å²) in [5.41, 5.74) is 2.85. The molecule has 1 unspecified atom stereocenters. The molecule has 1 aromatic rings. The Labute approximate surface area is 85.1 Å². The molecule has 1 atom stereocenters. The van der Waals surface area contributed by atoms with Crippen LogP contribution in [0, 0.1) is 5.41 Å². The summed E-state index contributed by atoms with van der Waals surface area (Å²) < 4.78 is 0. The molecular weight excluding hydrogens is 172 g/mol. The molecule has 0 bridgehead atoms. The molecule has 0 spiro atoms. The third kappa shape index (κ3) is 1.59. The fourth-order valence-corrected chi connectivity index (χ4v) is 2.47. The van der Waals surface area contributed by atoms with E-state index in [0.29, 0.717) is 0 Å². The van der Waals surface area contributed by atoms with Crippen LogP contribution in [0.5, 0.6) is 0 Å². The molecule has 14 heavy (non-hydrogen) atoms. The Morgan fingerprint density at radius 3 is 2.79 bits per heavy atom. The van der Waals surface area contributed by atoms with Crippen LogP contribution < -0.4 is 0 Å². The van der Waals surface area contributed by atoms with Crippen LogP contribution in [-0.4, -0.2) is 6.29 Å². The van der Waals surface area contributed by atoms with Gasteiger partial charge in [-0.05, 0) is 29.4 Å². The van der Waals surface area contributed by atoms with E-state index in [1.165, 1.54) is 11.1 Å². The zero-order valence-electron chi connectivity index (χ0n) is 8.79. The molecule has 1 nitrogen and oxygen atoms in total. The number of hydrogen-bond donors (Lipinski definition) is 0. The Hall–Kier alpha value is -1.11. The van der Waals surface area contributed by atoms with Crippen molar-refractivity contribution in [3.8, 4) is 0 Å². The van der Waals surface area contributed by atoms with Crippen LogP contribution in [0.25, 0.3) is 0 Å². The number of rotatable bonds is 1. The Morgan fingerprint density at radius 2 is 2.07 bits per heavy atom. The third-order valence-corrected chi connectivity index (χ3v) is 3.06. The molecule has 0 saturated heterocycles. The summed E-state index contributed by atoms with van der Waals surface area (Å²) in [4.78, 5) is 11.0. The highest BCUT2D eigenvalue weighted by Crippen LogP contribution is 2.40. The van der Waals surface area contributed by atoms with Crippen LogP contribution in [0.2, 0.25) is 0 Å². The first-order valence-electron chi connectivity index (χ1n) is 5.15. The van der Waals surface area contributed by atoms with Gasteiger partial charge in [-0.3, -0.25) is 0 Å². The second-order valence-corrected chi connectivity index (χ2v) is 4.99. The third-order valence-electron chi connectivity index (χ3n) is 3.06. The van der Waals surface area contributed by atoms with Gasteiger partial charge in [-0.1, -0.05) is 38.1 Å². The number of fused-ring (bicyclic) bond motifs is 1. The van der Waals surface area contributed by atoms with Crippen LogP contribution in [0.3, 0.4) is 0 Å². The fourth-order valence-electron chi connectivity index (χ4n) is 2.47. The summed E-state index contributed by atoms with van der Waals surface area (Å²) in [6, 6.07) is 8.31. The maximum absolute atomic E-state index is 11.0. The van der Waals surface area contributed by atoms with Crippen molar-refractivity contribution in [2.45, 2.75) is 32.6 Å². The molecule has 0 aliphatic heterocycles. The van der Waals surface area contributed by atoms with E-state index in [9.17, 15) is 4.79 Å². The molecule has 0 heterocycles. The van der Waals surface area contributed by atoms with Crippen molar-refractivity contribution in [2.75, 3.05) is 0 Å². The SMILES string of the molecule is CC1(C)Cc2ccccc2C(C=O)C1. The maximum atomic E-state index is 11.0. The molecule has 0 fully saturated rings. The quantitative estimate of drug-likeness (QED) is 0.619. The Balaban J connectivity index is 2.46. The smallest absolute Gasteiger partial charge is 0.127 e. The van der Waals surface area contributed by atoms with Gasteiger partial charge in [0.15, 0.2) is 0 Å². The van der Waals surface area contributed by atoms with Gasteiger partial charge in [0, 0.05) is 5.92 Å². The summed E-state index contributed by atoms with van der Waals surface area (Å²) in [6.07, 6.45) is 3.17. The first kappa shape index (κ1) is 9.45. The zero-order chi connectivity index (χ0) is 10.2. The van der Waals surface area contributed by atoms with Gasteiger partial charge in [0.25, 0.3) is 0 Å². The normalized spacial score (nSPS) is 24.0. The molecular formula is C13H16O. The van der Waals surface area contributed by atoms with E-state index in [1.54, 1.807) is 0 Å². The lowest BCUT2D eigenvalue weighted by Crippen LogP contribution is -2.26. The maximum Gasteiger partial charge on any atom is 0.127 e. The lowest BCUT2D eigenvalue weighted by molar-refractivity contribution is -0.109. The largest absolute Gasteiger partial charge is 0.303 e. The molecule has 0 amide bonds. The van der Waals surface area contributed by atoms with Gasteiger partial charge in [-0.2, -0.15) is 0 Å². The predicted octanol–water partition coefficient (Wildman–Crippen LogP) is 2.94. The van der Waals surface area contributed by atoms with Crippen molar-refractivity contribution < 1.29 is 4.79 Å². The topological polar surface area (TPSA) is 17.1 Å². The first-order chi connectivity index (χ1) is 6.62. The van der Waals surface area contributed by atoms with Crippen LogP contribution >= 0.6 is 0 Å². The Morgan fingerprint density at radius 1 is 1.36 bits per heavy atom. The minimum atomic E-state index is 0.106. The van der Waals surface area contributed by atoms with Gasteiger partial charge < -0.3 is 4.79 Å². The molecule has 0 saturated carbocycles. The van der Waals surface area contributed by atoms with E-state index in [4.69, 9.17) is 0 Å². The molecule has 74 valence electrons. The van der Waals surface area contributed by atoms with E-state index in [1.807, 2.05) is 6.07 Å². The van der Waals surface area contributed by atoms with Gasteiger partial charge >= 0.3 is 0 Å². The summed E-state index contributed by atoms with van der Waals surface area (Å²) >= 11 is 0. The first-order valence-corrected chi connectivity index (χ1v) is 5.15. The monoisotopic (exact) mass is 188 g/mol. The number of carbonyl (C=O) groups is 1. The van der Waals surface area contributed by atoms with Crippen molar-refractivity contribution >= 4 is 6.29 Å². The highest BCUT2D eigenvalue weighted by atomic mass is 16.1. The number of hydrogen-bond acceptors (Lipinski definition) is 1. The molecule has 1 aromatic carbocycles. The van der Waals surface area contributed by atoms with E-state index in [0.717, 1.165) is 19.1 Å². The lowest BCUT2D eigenvalue weighted by atomic mass is 9.70. The summed E-state index contributed by atoms with van der Waals surface area (Å²) in [5.74, 6) is 0.106. The average Bonchev–Trinajstić information content (AvgIpc) is 2.15. The molecule has 0 N–H and O–H groups in total. The predicted molar refractivity (Wildman–Crippen MR) is 57.3 cm³/mol.